The second kappa shape index (κ2) is 5.36. The van der Waals surface area contributed by atoms with Crippen LogP contribution in [0, 0.1) is 18.3 Å². The van der Waals surface area contributed by atoms with E-state index < -0.39 is 0 Å². The molecule has 0 amide bonds. The molecule has 0 aliphatic heterocycles. The minimum Gasteiger partial charge on any atom is -0.241 e. The number of hydrogen-bond donors (Lipinski definition) is 0. The first-order valence-electron chi connectivity index (χ1n) is 5.84. The molecule has 1 aromatic rings. The van der Waals surface area contributed by atoms with Crippen LogP contribution in [0.4, 0.5) is 0 Å². The molecule has 0 unspecified atom stereocenters. The van der Waals surface area contributed by atoms with Crippen LogP contribution < -0.4 is 0 Å². The topological polar surface area (TPSA) is 36.7 Å². The molecule has 1 aromatic heterocycles. The molecule has 2 rings (SSSR count). The lowest BCUT2D eigenvalue weighted by molar-refractivity contribution is 0.516. The van der Waals surface area contributed by atoms with Gasteiger partial charge in [0.1, 0.15) is 6.07 Å². The lowest BCUT2D eigenvalue weighted by Gasteiger charge is -2.21. The fourth-order valence-corrected chi connectivity index (χ4v) is 3.36. The maximum atomic E-state index is 9.05. The number of rotatable bonds is 2. The van der Waals surface area contributed by atoms with Gasteiger partial charge in [-0.2, -0.15) is 5.26 Å². The van der Waals surface area contributed by atoms with Crippen LogP contribution in [-0.4, -0.2) is 10.2 Å². The van der Waals surface area contributed by atoms with Gasteiger partial charge >= 0.3 is 0 Å². The summed E-state index contributed by atoms with van der Waals surface area (Å²) in [5.74, 6) is 0. The molecule has 1 heterocycles. The lowest BCUT2D eigenvalue weighted by Crippen LogP contribution is -2.08. The van der Waals surface area contributed by atoms with Crippen molar-refractivity contribution >= 4 is 11.8 Å². The lowest BCUT2D eigenvalue weighted by atomic mass is 10.0. The molecule has 0 radical (unpaired) electrons. The molecule has 0 atom stereocenters. The molecule has 0 bridgehead atoms. The second-order valence-electron chi connectivity index (χ2n) is 4.29. The Morgan fingerprint density at radius 2 is 2.06 bits per heavy atom. The first-order valence-corrected chi connectivity index (χ1v) is 6.72. The number of hydrogen-bond acceptors (Lipinski definition) is 3. The summed E-state index contributed by atoms with van der Waals surface area (Å²) in [7, 11) is 0. The zero-order chi connectivity index (χ0) is 11.4. The molecule has 16 heavy (non-hydrogen) atoms. The van der Waals surface area contributed by atoms with E-state index in [0.717, 1.165) is 10.6 Å². The summed E-state index contributed by atoms with van der Waals surface area (Å²) in [5, 5.41) is 9.73. The van der Waals surface area contributed by atoms with Crippen molar-refractivity contribution in [2.24, 2.45) is 0 Å². The zero-order valence-corrected chi connectivity index (χ0v) is 10.4. The van der Waals surface area contributed by atoms with Crippen LogP contribution in [-0.2, 0) is 0 Å². The molecular weight excluding hydrogens is 216 g/mol. The molecule has 0 N–H and O–H groups in total. The number of thioether (sulfide) groups is 1. The zero-order valence-electron chi connectivity index (χ0n) is 9.57. The summed E-state index contributed by atoms with van der Waals surface area (Å²) < 4.78 is 0. The minimum absolute atomic E-state index is 0.593. The summed E-state index contributed by atoms with van der Waals surface area (Å²) in [6.45, 7) is 1.93. The Labute approximate surface area is 101 Å². The number of aromatic nitrogens is 1. The Morgan fingerprint density at radius 1 is 1.31 bits per heavy atom. The molecule has 1 fully saturated rings. The molecule has 2 nitrogen and oxygen atoms in total. The smallest absolute Gasteiger partial charge is 0.154 e. The maximum Gasteiger partial charge on any atom is 0.154 e. The van der Waals surface area contributed by atoms with E-state index in [1.54, 1.807) is 0 Å². The van der Waals surface area contributed by atoms with Crippen LogP contribution in [0.15, 0.2) is 17.0 Å². The number of aryl methyl sites for hydroxylation is 1. The quantitative estimate of drug-likeness (QED) is 0.780. The predicted octanol–water partition coefficient (Wildman–Crippen LogP) is 3.69. The summed E-state index contributed by atoms with van der Waals surface area (Å²) in [6.07, 6.45) is 6.60. The SMILES string of the molecule is Cc1ccc(SC2CCCCC2)c(C#N)n1. The van der Waals surface area contributed by atoms with E-state index in [0.29, 0.717) is 10.9 Å². The number of nitrogens with zero attached hydrogens (tertiary/aromatic N) is 2. The third kappa shape index (κ3) is 2.76. The van der Waals surface area contributed by atoms with Gasteiger partial charge in [0.25, 0.3) is 0 Å². The minimum atomic E-state index is 0.593. The van der Waals surface area contributed by atoms with Crippen molar-refractivity contribution in [3.63, 3.8) is 0 Å². The van der Waals surface area contributed by atoms with Crippen molar-refractivity contribution in [2.75, 3.05) is 0 Å². The van der Waals surface area contributed by atoms with Gasteiger partial charge in [-0.15, -0.1) is 11.8 Å². The average molecular weight is 232 g/mol. The Hall–Kier alpha value is -1.01. The first kappa shape index (κ1) is 11.5. The number of nitriles is 1. The monoisotopic (exact) mass is 232 g/mol. The highest BCUT2D eigenvalue weighted by Crippen LogP contribution is 2.34. The van der Waals surface area contributed by atoms with Crippen molar-refractivity contribution in [1.82, 2.24) is 4.98 Å². The van der Waals surface area contributed by atoms with Crippen LogP contribution >= 0.6 is 11.8 Å². The third-order valence-electron chi connectivity index (χ3n) is 2.95. The molecule has 84 valence electrons. The van der Waals surface area contributed by atoms with E-state index in [1.165, 1.54) is 32.1 Å². The van der Waals surface area contributed by atoms with Crippen LogP contribution in [0.25, 0.3) is 0 Å². The average Bonchev–Trinajstić information content (AvgIpc) is 2.33. The number of pyridine rings is 1. The van der Waals surface area contributed by atoms with Gasteiger partial charge in [-0.1, -0.05) is 19.3 Å². The summed E-state index contributed by atoms with van der Waals surface area (Å²) in [5.41, 5.74) is 1.51. The largest absolute Gasteiger partial charge is 0.241 e. The molecule has 0 spiro atoms. The van der Waals surface area contributed by atoms with Crippen LogP contribution in [0.2, 0.25) is 0 Å². The summed E-state index contributed by atoms with van der Waals surface area (Å²) in [4.78, 5) is 5.33. The van der Waals surface area contributed by atoms with Crippen LogP contribution in [0.1, 0.15) is 43.5 Å². The van der Waals surface area contributed by atoms with Gasteiger partial charge in [0.2, 0.25) is 0 Å². The molecule has 3 heteroatoms. The Kier molecular flexibility index (Phi) is 3.84. The summed E-state index contributed by atoms with van der Waals surface area (Å²) in [6, 6.07) is 6.23. The van der Waals surface area contributed by atoms with Gasteiger partial charge in [0.15, 0.2) is 5.69 Å². The summed E-state index contributed by atoms with van der Waals surface area (Å²) >= 11 is 1.84. The molecule has 1 saturated carbocycles. The fraction of sp³-hybridized carbons (Fsp3) is 0.538. The highest BCUT2D eigenvalue weighted by Gasteiger charge is 2.16. The van der Waals surface area contributed by atoms with E-state index in [2.05, 4.69) is 11.1 Å². The fourth-order valence-electron chi connectivity index (χ4n) is 2.08. The highest BCUT2D eigenvalue weighted by atomic mass is 32.2. The van der Waals surface area contributed by atoms with Crippen LogP contribution in [0.5, 0.6) is 0 Å². The van der Waals surface area contributed by atoms with Gasteiger partial charge in [-0.05, 0) is 31.9 Å². The Balaban J connectivity index is 2.11. The van der Waals surface area contributed by atoms with E-state index in [-0.39, 0.29) is 0 Å². The standard InChI is InChI=1S/C13H16N2S/c1-10-7-8-13(12(9-14)15-10)16-11-5-3-2-4-6-11/h7-8,11H,2-6H2,1H3. The van der Waals surface area contributed by atoms with E-state index >= 15 is 0 Å². The van der Waals surface area contributed by atoms with Gasteiger partial charge in [-0.25, -0.2) is 4.98 Å². The van der Waals surface area contributed by atoms with Gasteiger partial charge < -0.3 is 0 Å². The molecule has 0 aromatic carbocycles. The normalized spacial score (nSPS) is 17.0. The first-order chi connectivity index (χ1) is 7.79. The molecule has 1 aliphatic carbocycles. The van der Waals surface area contributed by atoms with Crippen molar-refractivity contribution < 1.29 is 0 Å². The van der Waals surface area contributed by atoms with E-state index in [9.17, 15) is 0 Å². The van der Waals surface area contributed by atoms with Crippen molar-refractivity contribution in [1.29, 1.82) is 5.26 Å². The van der Waals surface area contributed by atoms with Gasteiger partial charge in [0, 0.05) is 15.8 Å². The van der Waals surface area contributed by atoms with Gasteiger partial charge in [-0.3, -0.25) is 0 Å². The maximum absolute atomic E-state index is 9.05. The predicted molar refractivity (Wildman–Crippen MR) is 66.4 cm³/mol. The van der Waals surface area contributed by atoms with Crippen molar-refractivity contribution in [3.05, 3.63) is 23.5 Å². The molecule has 0 saturated heterocycles. The van der Waals surface area contributed by atoms with Crippen molar-refractivity contribution in [2.45, 2.75) is 49.2 Å². The highest BCUT2D eigenvalue weighted by molar-refractivity contribution is 8.00. The van der Waals surface area contributed by atoms with Crippen LogP contribution in [0.3, 0.4) is 0 Å². The van der Waals surface area contributed by atoms with Crippen molar-refractivity contribution in [3.8, 4) is 6.07 Å². The van der Waals surface area contributed by atoms with Gasteiger partial charge in [0.05, 0.1) is 0 Å². The Morgan fingerprint density at radius 3 is 2.75 bits per heavy atom. The molecular formula is C13H16N2S. The Bertz CT molecular complexity index is 403. The van der Waals surface area contributed by atoms with E-state index in [1.807, 2.05) is 30.8 Å². The third-order valence-corrected chi connectivity index (χ3v) is 4.34. The second-order valence-corrected chi connectivity index (χ2v) is 5.63. The molecule has 1 aliphatic rings. The van der Waals surface area contributed by atoms with E-state index in [4.69, 9.17) is 5.26 Å².